The van der Waals surface area contributed by atoms with Gasteiger partial charge in [-0.2, -0.15) is 0 Å². The molecule has 1 unspecified atom stereocenters. The summed E-state index contributed by atoms with van der Waals surface area (Å²) in [7, 11) is -3.35. The molecule has 3 N–H and O–H groups in total. The lowest BCUT2D eigenvalue weighted by Crippen LogP contribution is -2.38. The number of aliphatic imine (C=N–C) groups is 1. The zero-order valence-electron chi connectivity index (χ0n) is 18.9. The molecule has 2 rings (SSSR count). The fraction of sp³-hybridized carbons (Fsp3) is 0.435. The Kier molecular flexibility index (Phi) is 9.00. The van der Waals surface area contributed by atoms with Crippen LogP contribution in [-0.4, -0.2) is 27.0 Å². The van der Waals surface area contributed by atoms with E-state index >= 15 is 0 Å². The first kappa shape index (κ1) is 24.8. The molecule has 0 aliphatic carbocycles. The second kappa shape index (κ2) is 11.2. The van der Waals surface area contributed by atoms with Crippen LogP contribution in [0.4, 0.5) is 4.39 Å². The summed E-state index contributed by atoms with van der Waals surface area (Å²) in [5, 5.41) is 6.49. The molecule has 170 valence electrons. The van der Waals surface area contributed by atoms with Gasteiger partial charge in [-0.3, -0.25) is 0 Å². The first-order valence-corrected chi connectivity index (χ1v) is 12.1. The predicted octanol–water partition coefficient (Wildman–Crippen LogP) is 3.78. The summed E-state index contributed by atoms with van der Waals surface area (Å²) in [4.78, 5) is 4.60. The van der Waals surface area contributed by atoms with Crippen molar-refractivity contribution in [1.29, 1.82) is 0 Å². The second-order valence-electron chi connectivity index (χ2n) is 7.92. The number of sulfonamides is 1. The Balaban J connectivity index is 2.03. The van der Waals surface area contributed by atoms with Gasteiger partial charge in [0.2, 0.25) is 10.0 Å². The Hall–Kier alpha value is -2.45. The number of benzene rings is 2. The number of guanidine groups is 1. The standard InChI is InChI=1S/C23H33FN4O2S/c1-6-25-23(27-18(5)21-12-7-17(4)22(24)13-21)26-14-19-8-10-20(11-9-19)15-31(29,30)28-16(2)3/h7-13,16,18,28H,6,14-15H2,1-5H3,(H2,25,26,27). The van der Waals surface area contributed by atoms with Crippen LogP contribution >= 0.6 is 0 Å². The molecule has 0 saturated heterocycles. The van der Waals surface area contributed by atoms with Crippen LogP contribution in [0, 0.1) is 12.7 Å². The number of aryl methyl sites for hydroxylation is 1. The van der Waals surface area contributed by atoms with Crippen LogP contribution < -0.4 is 15.4 Å². The van der Waals surface area contributed by atoms with Gasteiger partial charge in [0.05, 0.1) is 18.3 Å². The molecule has 0 saturated carbocycles. The summed E-state index contributed by atoms with van der Waals surface area (Å²) < 4.78 is 40.6. The van der Waals surface area contributed by atoms with Crippen LogP contribution in [0.25, 0.3) is 0 Å². The van der Waals surface area contributed by atoms with Crippen molar-refractivity contribution < 1.29 is 12.8 Å². The minimum absolute atomic E-state index is 0.0520. The molecule has 2 aromatic rings. The summed E-state index contributed by atoms with van der Waals surface area (Å²) in [6.07, 6.45) is 0. The lowest BCUT2D eigenvalue weighted by Gasteiger charge is -2.18. The van der Waals surface area contributed by atoms with E-state index in [-0.39, 0.29) is 23.7 Å². The minimum atomic E-state index is -3.35. The van der Waals surface area contributed by atoms with E-state index in [9.17, 15) is 12.8 Å². The lowest BCUT2D eigenvalue weighted by atomic mass is 10.1. The third-order valence-electron chi connectivity index (χ3n) is 4.61. The molecule has 0 aliphatic heterocycles. The highest BCUT2D eigenvalue weighted by molar-refractivity contribution is 7.88. The van der Waals surface area contributed by atoms with E-state index in [0.717, 1.165) is 16.7 Å². The van der Waals surface area contributed by atoms with Gasteiger partial charge >= 0.3 is 0 Å². The molecule has 0 heterocycles. The third-order valence-corrected chi connectivity index (χ3v) is 6.15. The van der Waals surface area contributed by atoms with E-state index in [0.29, 0.717) is 24.6 Å². The first-order chi connectivity index (χ1) is 14.6. The highest BCUT2D eigenvalue weighted by Gasteiger charge is 2.13. The number of nitrogens with zero attached hydrogens (tertiary/aromatic N) is 1. The zero-order valence-corrected chi connectivity index (χ0v) is 19.7. The summed E-state index contributed by atoms with van der Waals surface area (Å²) in [5.41, 5.74) is 3.15. The fourth-order valence-electron chi connectivity index (χ4n) is 3.02. The monoisotopic (exact) mass is 448 g/mol. The average Bonchev–Trinajstić information content (AvgIpc) is 2.68. The van der Waals surface area contributed by atoms with Crippen LogP contribution in [0.2, 0.25) is 0 Å². The van der Waals surface area contributed by atoms with Gasteiger partial charge in [0.25, 0.3) is 0 Å². The van der Waals surface area contributed by atoms with Crippen molar-refractivity contribution >= 4 is 16.0 Å². The number of hydrogen-bond donors (Lipinski definition) is 3. The van der Waals surface area contributed by atoms with E-state index in [2.05, 4.69) is 20.3 Å². The van der Waals surface area contributed by atoms with Gasteiger partial charge in [0, 0.05) is 12.6 Å². The molecule has 8 heteroatoms. The van der Waals surface area contributed by atoms with Crippen molar-refractivity contribution in [2.24, 2.45) is 4.99 Å². The summed E-state index contributed by atoms with van der Waals surface area (Å²) in [6, 6.07) is 12.3. The van der Waals surface area contributed by atoms with Crippen molar-refractivity contribution in [2.45, 2.75) is 59.0 Å². The van der Waals surface area contributed by atoms with Crippen molar-refractivity contribution in [1.82, 2.24) is 15.4 Å². The maximum absolute atomic E-state index is 13.9. The average molecular weight is 449 g/mol. The molecule has 0 spiro atoms. The molecule has 6 nitrogen and oxygen atoms in total. The molecule has 0 aromatic heterocycles. The Morgan fingerprint density at radius 2 is 1.71 bits per heavy atom. The van der Waals surface area contributed by atoms with Crippen LogP contribution in [0.15, 0.2) is 47.5 Å². The highest BCUT2D eigenvalue weighted by Crippen LogP contribution is 2.16. The zero-order chi connectivity index (χ0) is 23.0. The molecule has 0 aliphatic rings. The number of halogens is 1. The summed E-state index contributed by atoms with van der Waals surface area (Å²) >= 11 is 0. The summed E-state index contributed by atoms with van der Waals surface area (Å²) in [5.74, 6) is 0.353. The third kappa shape index (κ3) is 8.30. The Morgan fingerprint density at radius 3 is 2.29 bits per heavy atom. The second-order valence-corrected chi connectivity index (χ2v) is 9.67. The van der Waals surface area contributed by atoms with E-state index in [1.54, 1.807) is 26.8 Å². The number of nitrogens with one attached hydrogen (secondary N) is 3. The van der Waals surface area contributed by atoms with Crippen molar-refractivity contribution in [3.8, 4) is 0 Å². The SMILES string of the molecule is CCNC(=NCc1ccc(CS(=O)(=O)NC(C)C)cc1)NC(C)c1ccc(C)c(F)c1. The lowest BCUT2D eigenvalue weighted by molar-refractivity contribution is 0.569. The number of hydrogen-bond acceptors (Lipinski definition) is 3. The molecule has 0 bridgehead atoms. The molecule has 0 amide bonds. The molecular formula is C23H33FN4O2S. The van der Waals surface area contributed by atoms with Crippen molar-refractivity contribution in [3.05, 3.63) is 70.5 Å². The van der Waals surface area contributed by atoms with E-state index in [1.807, 2.05) is 44.2 Å². The van der Waals surface area contributed by atoms with Crippen LogP contribution in [0.5, 0.6) is 0 Å². The topological polar surface area (TPSA) is 82.6 Å². The van der Waals surface area contributed by atoms with Gasteiger partial charge in [-0.05, 0) is 62.9 Å². The van der Waals surface area contributed by atoms with Crippen LogP contribution in [0.1, 0.15) is 56.0 Å². The van der Waals surface area contributed by atoms with E-state index < -0.39 is 10.0 Å². The molecule has 0 fully saturated rings. The molecule has 0 radical (unpaired) electrons. The number of rotatable bonds is 9. The van der Waals surface area contributed by atoms with Crippen molar-refractivity contribution in [3.63, 3.8) is 0 Å². The normalized spacial score (nSPS) is 13.3. The van der Waals surface area contributed by atoms with E-state index in [1.165, 1.54) is 6.07 Å². The quantitative estimate of drug-likeness (QED) is 0.403. The Morgan fingerprint density at radius 1 is 1.06 bits per heavy atom. The maximum atomic E-state index is 13.9. The fourth-order valence-corrected chi connectivity index (χ4v) is 4.45. The first-order valence-electron chi connectivity index (χ1n) is 10.5. The Bertz CT molecular complexity index is 989. The van der Waals surface area contributed by atoms with Gasteiger partial charge < -0.3 is 10.6 Å². The molecule has 31 heavy (non-hydrogen) atoms. The molecule has 2 aromatic carbocycles. The van der Waals surface area contributed by atoms with Crippen molar-refractivity contribution in [2.75, 3.05) is 6.54 Å². The molecular weight excluding hydrogens is 415 g/mol. The van der Waals surface area contributed by atoms with Gasteiger partial charge in [-0.25, -0.2) is 22.5 Å². The summed E-state index contributed by atoms with van der Waals surface area (Å²) in [6.45, 7) is 10.4. The minimum Gasteiger partial charge on any atom is -0.357 e. The largest absolute Gasteiger partial charge is 0.357 e. The molecule has 1 atom stereocenters. The highest BCUT2D eigenvalue weighted by atomic mass is 32.2. The van der Waals surface area contributed by atoms with Gasteiger partial charge in [-0.15, -0.1) is 0 Å². The van der Waals surface area contributed by atoms with Gasteiger partial charge in [-0.1, -0.05) is 36.4 Å². The predicted molar refractivity (Wildman–Crippen MR) is 125 cm³/mol. The van der Waals surface area contributed by atoms with Gasteiger partial charge in [0.1, 0.15) is 5.82 Å². The smallest absolute Gasteiger partial charge is 0.216 e. The maximum Gasteiger partial charge on any atom is 0.216 e. The van der Waals surface area contributed by atoms with Gasteiger partial charge in [0.15, 0.2) is 5.96 Å². The van der Waals surface area contributed by atoms with Crippen LogP contribution in [-0.2, 0) is 22.3 Å². The van der Waals surface area contributed by atoms with E-state index in [4.69, 9.17) is 0 Å². The van der Waals surface area contributed by atoms with Crippen LogP contribution in [0.3, 0.4) is 0 Å². The Labute approximate surface area is 185 Å².